The lowest BCUT2D eigenvalue weighted by atomic mass is 10.1. The van der Waals surface area contributed by atoms with Gasteiger partial charge in [0.2, 0.25) is 0 Å². The fraction of sp³-hybridized carbons (Fsp3) is 0.188. The summed E-state index contributed by atoms with van der Waals surface area (Å²) in [6.07, 6.45) is -5.11. The number of benzene rings is 2. The van der Waals surface area contributed by atoms with Crippen molar-refractivity contribution < 1.29 is 27.1 Å². The van der Waals surface area contributed by atoms with Gasteiger partial charge in [0.15, 0.2) is 6.10 Å². The molecule has 1 amide bonds. The van der Waals surface area contributed by atoms with Crippen molar-refractivity contribution in [2.45, 2.75) is 12.5 Å². The largest absolute Gasteiger partial charge is 0.481 e. The quantitative estimate of drug-likeness (QED) is 0.605. The number of para-hydroxylation sites is 1. The average Bonchev–Trinajstić information content (AvgIpc) is 2.55. The molecule has 1 N–H and O–H groups in total. The molecule has 0 aliphatic carbocycles. The van der Waals surface area contributed by atoms with Crippen molar-refractivity contribution in [1.29, 1.82) is 0 Å². The minimum absolute atomic E-state index is 0.0397. The van der Waals surface area contributed by atoms with Crippen LogP contribution in [0.25, 0.3) is 0 Å². The molecule has 0 bridgehead atoms. The first kappa shape index (κ1) is 19.5. The molecule has 134 valence electrons. The molecular formula is C16H11BrClF4NO2. The van der Waals surface area contributed by atoms with Gasteiger partial charge in [0.1, 0.15) is 18.2 Å². The van der Waals surface area contributed by atoms with E-state index in [-0.39, 0.29) is 22.0 Å². The molecule has 25 heavy (non-hydrogen) atoms. The summed E-state index contributed by atoms with van der Waals surface area (Å²) in [5.41, 5.74) is -0.444. The van der Waals surface area contributed by atoms with Gasteiger partial charge in [-0.15, -0.1) is 0 Å². The van der Waals surface area contributed by atoms with Gasteiger partial charge in [-0.25, -0.2) is 17.6 Å². The summed E-state index contributed by atoms with van der Waals surface area (Å²) in [5, 5.41) is 2.21. The van der Waals surface area contributed by atoms with Crippen LogP contribution in [0, 0.1) is 5.82 Å². The first-order chi connectivity index (χ1) is 11.8. The molecule has 0 fully saturated rings. The number of carbonyl (C=O) groups is 1. The summed E-state index contributed by atoms with van der Waals surface area (Å²) >= 11 is 8.94. The molecule has 2 aromatic carbocycles. The molecule has 0 aliphatic rings. The molecule has 3 nitrogen and oxygen atoms in total. The Bertz CT molecular complexity index is 756. The van der Waals surface area contributed by atoms with Crippen molar-refractivity contribution in [2.75, 3.05) is 12.0 Å². The van der Waals surface area contributed by atoms with Crippen molar-refractivity contribution in [1.82, 2.24) is 0 Å². The highest BCUT2D eigenvalue weighted by molar-refractivity contribution is 9.10. The molecule has 0 radical (unpaired) electrons. The summed E-state index contributed by atoms with van der Waals surface area (Å²) < 4.78 is 57.3. The van der Waals surface area contributed by atoms with Gasteiger partial charge in [0.25, 0.3) is 12.3 Å². The van der Waals surface area contributed by atoms with Gasteiger partial charge >= 0.3 is 0 Å². The molecule has 0 saturated carbocycles. The van der Waals surface area contributed by atoms with Gasteiger partial charge in [-0.1, -0.05) is 33.6 Å². The maximum absolute atomic E-state index is 13.8. The Morgan fingerprint density at radius 3 is 2.60 bits per heavy atom. The highest BCUT2D eigenvalue weighted by Crippen LogP contribution is 2.29. The molecule has 0 aliphatic heterocycles. The number of ether oxygens (including phenoxy) is 1. The average molecular weight is 441 g/mol. The van der Waals surface area contributed by atoms with Crippen LogP contribution < -0.4 is 10.1 Å². The summed E-state index contributed by atoms with van der Waals surface area (Å²) in [4.78, 5) is 12.4. The third-order valence-corrected chi connectivity index (χ3v) is 3.91. The van der Waals surface area contributed by atoms with E-state index in [1.807, 2.05) is 0 Å². The van der Waals surface area contributed by atoms with E-state index in [1.54, 1.807) is 0 Å². The highest BCUT2D eigenvalue weighted by atomic mass is 79.9. The minimum Gasteiger partial charge on any atom is -0.481 e. The van der Waals surface area contributed by atoms with E-state index in [9.17, 15) is 22.4 Å². The van der Waals surface area contributed by atoms with Gasteiger partial charge in [-0.3, -0.25) is 4.79 Å². The van der Waals surface area contributed by atoms with Gasteiger partial charge in [0.05, 0.1) is 16.3 Å². The Hall–Kier alpha value is -1.80. The van der Waals surface area contributed by atoms with E-state index in [2.05, 4.69) is 21.2 Å². The number of hydrogen-bond donors (Lipinski definition) is 1. The lowest BCUT2D eigenvalue weighted by Gasteiger charge is -2.18. The topological polar surface area (TPSA) is 38.3 Å². The molecule has 0 unspecified atom stereocenters. The Labute approximate surface area is 154 Å². The summed E-state index contributed by atoms with van der Waals surface area (Å²) in [5.74, 6) is -1.89. The van der Waals surface area contributed by atoms with Crippen LogP contribution in [0.3, 0.4) is 0 Å². The molecule has 0 spiro atoms. The van der Waals surface area contributed by atoms with Crippen LogP contribution in [0.2, 0.25) is 5.02 Å². The number of carbonyl (C=O) groups excluding carboxylic acids is 1. The third-order valence-electron chi connectivity index (χ3n) is 3.10. The van der Waals surface area contributed by atoms with Crippen LogP contribution in [0.1, 0.15) is 10.4 Å². The fourth-order valence-electron chi connectivity index (χ4n) is 1.89. The van der Waals surface area contributed by atoms with E-state index in [1.165, 1.54) is 30.3 Å². The van der Waals surface area contributed by atoms with Crippen LogP contribution in [0.15, 0.2) is 40.9 Å². The standard InChI is InChI=1S/C16H11BrClF4NO2/c17-8-4-5-9(12(6-8)25-13(7-19)15(21)22)16(24)23-14-10(18)2-1-3-11(14)20/h1-6,13,15H,7H2,(H,23,24)/t13-/m0/s1. The van der Waals surface area contributed by atoms with E-state index in [0.717, 1.165) is 6.07 Å². The number of anilines is 1. The van der Waals surface area contributed by atoms with Crippen LogP contribution in [0.5, 0.6) is 5.75 Å². The monoisotopic (exact) mass is 439 g/mol. The first-order valence-electron chi connectivity index (χ1n) is 6.89. The van der Waals surface area contributed by atoms with Gasteiger partial charge in [-0.05, 0) is 30.3 Å². The van der Waals surface area contributed by atoms with Crippen molar-refractivity contribution >= 4 is 39.1 Å². The zero-order valence-electron chi connectivity index (χ0n) is 12.4. The molecule has 0 aromatic heterocycles. The molecule has 0 saturated heterocycles. The number of hydrogen-bond acceptors (Lipinski definition) is 2. The van der Waals surface area contributed by atoms with Gasteiger partial charge in [-0.2, -0.15) is 0 Å². The number of alkyl halides is 3. The third kappa shape index (κ3) is 4.85. The SMILES string of the molecule is O=C(Nc1c(F)cccc1Cl)c1ccc(Br)cc1O[C@@H](CF)C(F)F. The summed E-state index contributed by atoms with van der Waals surface area (Å²) in [7, 11) is 0. The number of nitrogens with one attached hydrogen (secondary N) is 1. The molecule has 9 heteroatoms. The van der Waals surface area contributed by atoms with Crippen molar-refractivity contribution in [3.63, 3.8) is 0 Å². The van der Waals surface area contributed by atoms with E-state index >= 15 is 0 Å². The predicted molar refractivity (Wildman–Crippen MR) is 89.9 cm³/mol. The Balaban J connectivity index is 2.33. The smallest absolute Gasteiger partial charge is 0.277 e. The number of halogens is 6. The van der Waals surface area contributed by atoms with E-state index in [4.69, 9.17) is 16.3 Å². The van der Waals surface area contributed by atoms with E-state index in [0.29, 0.717) is 4.47 Å². The van der Waals surface area contributed by atoms with E-state index < -0.39 is 30.9 Å². The molecule has 0 heterocycles. The Morgan fingerprint density at radius 1 is 1.28 bits per heavy atom. The normalized spacial score (nSPS) is 12.1. The van der Waals surface area contributed by atoms with Gasteiger partial charge in [0, 0.05) is 4.47 Å². The zero-order chi connectivity index (χ0) is 18.6. The Kier molecular flexibility index (Phi) is 6.66. The summed E-state index contributed by atoms with van der Waals surface area (Å²) in [6.45, 7) is -1.44. The van der Waals surface area contributed by atoms with Crippen LogP contribution >= 0.6 is 27.5 Å². The second-order valence-corrected chi connectivity index (χ2v) is 6.16. The molecule has 2 rings (SSSR count). The van der Waals surface area contributed by atoms with Crippen LogP contribution in [0.4, 0.5) is 23.2 Å². The number of rotatable bonds is 6. The minimum atomic E-state index is -3.08. The second-order valence-electron chi connectivity index (χ2n) is 4.84. The lowest BCUT2D eigenvalue weighted by Crippen LogP contribution is -2.28. The van der Waals surface area contributed by atoms with Crippen molar-refractivity contribution in [3.05, 3.63) is 57.3 Å². The predicted octanol–water partition coefficient (Wildman–Crippen LogP) is 5.48. The summed E-state index contributed by atoms with van der Waals surface area (Å²) in [6, 6.07) is 7.78. The van der Waals surface area contributed by atoms with Crippen LogP contribution in [-0.4, -0.2) is 25.1 Å². The zero-order valence-corrected chi connectivity index (χ0v) is 14.8. The number of amides is 1. The molecule has 1 atom stereocenters. The lowest BCUT2D eigenvalue weighted by molar-refractivity contribution is -0.00157. The second kappa shape index (κ2) is 8.53. The van der Waals surface area contributed by atoms with Gasteiger partial charge < -0.3 is 10.1 Å². The first-order valence-corrected chi connectivity index (χ1v) is 8.06. The maximum atomic E-state index is 13.8. The van der Waals surface area contributed by atoms with Crippen molar-refractivity contribution in [3.8, 4) is 5.75 Å². The fourth-order valence-corrected chi connectivity index (χ4v) is 2.44. The van der Waals surface area contributed by atoms with Crippen LogP contribution in [-0.2, 0) is 0 Å². The Morgan fingerprint density at radius 2 is 2.00 bits per heavy atom. The molecular weight excluding hydrogens is 430 g/mol. The maximum Gasteiger partial charge on any atom is 0.277 e. The molecule has 2 aromatic rings. The highest BCUT2D eigenvalue weighted by Gasteiger charge is 2.25. The van der Waals surface area contributed by atoms with Crippen molar-refractivity contribution in [2.24, 2.45) is 0 Å².